The largest absolute Gasteiger partial charge is 0.357 e. The van der Waals surface area contributed by atoms with E-state index in [9.17, 15) is 13.2 Å². The Labute approximate surface area is 195 Å². The average molecular weight is 544 g/mol. The highest BCUT2D eigenvalue weighted by molar-refractivity contribution is 14.0. The fourth-order valence-electron chi connectivity index (χ4n) is 2.76. The van der Waals surface area contributed by atoms with Gasteiger partial charge in [0.2, 0.25) is 5.91 Å². The number of nitrogens with zero attached hydrogens (tertiary/aromatic N) is 1. The van der Waals surface area contributed by atoms with E-state index < -0.39 is 9.84 Å². The van der Waals surface area contributed by atoms with Gasteiger partial charge in [0.25, 0.3) is 0 Å². The number of nitrogens with one attached hydrogen (secondary N) is 3. The van der Waals surface area contributed by atoms with Gasteiger partial charge in [-0.2, -0.15) is 0 Å². The van der Waals surface area contributed by atoms with Crippen LogP contribution in [0.15, 0.2) is 58.4 Å². The third kappa shape index (κ3) is 8.70. The fraction of sp³-hybridized carbons (Fsp3) is 0.333. The highest BCUT2D eigenvalue weighted by Gasteiger charge is 2.11. The first-order valence-corrected chi connectivity index (χ1v) is 11.3. The SMILES string of the molecule is CCNC(=NCc1ccc(S(C)(=O)=O)c(C)c1)NCC(=O)NCc1ccccc1.I. The minimum atomic E-state index is -3.24. The Morgan fingerprint density at radius 3 is 2.30 bits per heavy atom. The molecule has 2 aromatic carbocycles. The molecule has 2 aromatic rings. The molecule has 0 saturated heterocycles. The molecule has 0 bridgehead atoms. The number of carbonyl (C=O) groups excluding carboxylic acids is 1. The topological polar surface area (TPSA) is 99.7 Å². The van der Waals surface area contributed by atoms with Crippen LogP contribution in [-0.4, -0.2) is 39.6 Å². The Balaban J connectivity index is 0.00000450. The molecule has 0 aliphatic carbocycles. The third-order valence-corrected chi connectivity index (χ3v) is 5.41. The zero-order valence-corrected chi connectivity index (χ0v) is 20.6. The summed E-state index contributed by atoms with van der Waals surface area (Å²) in [7, 11) is -3.24. The van der Waals surface area contributed by atoms with E-state index in [0.717, 1.165) is 11.1 Å². The van der Waals surface area contributed by atoms with E-state index in [0.29, 0.717) is 36.1 Å². The first-order valence-electron chi connectivity index (χ1n) is 9.42. The summed E-state index contributed by atoms with van der Waals surface area (Å²) in [4.78, 5) is 16.9. The molecule has 0 aromatic heterocycles. The number of aryl methyl sites for hydroxylation is 1. The lowest BCUT2D eigenvalue weighted by Gasteiger charge is -2.12. The minimum Gasteiger partial charge on any atom is -0.357 e. The second-order valence-corrected chi connectivity index (χ2v) is 8.67. The van der Waals surface area contributed by atoms with Crippen molar-refractivity contribution >= 4 is 45.7 Å². The van der Waals surface area contributed by atoms with Gasteiger partial charge in [-0.3, -0.25) is 4.79 Å². The van der Waals surface area contributed by atoms with Crippen molar-refractivity contribution in [2.75, 3.05) is 19.3 Å². The van der Waals surface area contributed by atoms with Crippen LogP contribution in [0.1, 0.15) is 23.6 Å². The lowest BCUT2D eigenvalue weighted by molar-refractivity contribution is -0.120. The number of amides is 1. The van der Waals surface area contributed by atoms with Crippen LogP contribution in [0.4, 0.5) is 0 Å². The van der Waals surface area contributed by atoms with E-state index >= 15 is 0 Å². The van der Waals surface area contributed by atoms with Crippen LogP contribution in [0.2, 0.25) is 0 Å². The minimum absolute atomic E-state index is 0. The number of sulfone groups is 1. The molecule has 0 fully saturated rings. The first kappa shape index (κ1) is 25.9. The molecule has 7 nitrogen and oxygen atoms in total. The number of benzene rings is 2. The zero-order chi connectivity index (χ0) is 21.3. The Kier molecular flexibility index (Phi) is 10.8. The number of halogens is 1. The molecule has 1 amide bonds. The number of hydrogen-bond donors (Lipinski definition) is 3. The van der Waals surface area contributed by atoms with Gasteiger partial charge in [0.15, 0.2) is 15.8 Å². The summed E-state index contributed by atoms with van der Waals surface area (Å²) >= 11 is 0. The van der Waals surface area contributed by atoms with Gasteiger partial charge in [0.1, 0.15) is 0 Å². The van der Waals surface area contributed by atoms with Crippen LogP contribution >= 0.6 is 24.0 Å². The third-order valence-electron chi connectivity index (χ3n) is 4.15. The van der Waals surface area contributed by atoms with E-state index in [1.807, 2.05) is 43.3 Å². The first-order chi connectivity index (χ1) is 13.8. The Morgan fingerprint density at radius 1 is 1.00 bits per heavy atom. The summed E-state index contributed by atoms with van der Waals surface area (Å²) in [6.45, 7) is 5.31. The summed E-state index contributed by atoms with van der Waals surface area (Å²) in [6, 6.07) is 14.9. The van der Waals surface area contributed by atoms with E-state index in [-0.39, 0.29) is 36.4 Å². The Bertz CT molecular complexity index is 963. The molecule has 0 unspecified atom stereocenters. The second-order valence-electron chi connectivity index (χ2n) is 6.68. The van der Waals surface area contributed by atoms with Gasteiger partial charge in [0, 0.05) is 19.3 Å². The van der Waals surface area contributed by atoms with E-state index in [1.54, 1.807) is 19.1 Å². The maximum absolute atomic E-state index is 12.1. The van der Waals surface area contributed by atoms with Gasteiger partial charge >= 0.3 is 0 Å². The number of aliphatic imine (C=N–C) groups is 1. The second kappa shape index (κ2) is 12.5. The van der Waals surface area contributed by atoms with Gasteiger partial charge < -0.3 is 16.0 Å². The van der Waals surface area contributed by atoms with Crippen molar-refractivity contribution in [3.05, 3.63) is 65.2 Å². The fourth-order valence-corrected chi connectivity index (χ4v) is 3.72. The average Bonchev–Trinajstić information content (AvgIpc) is 2.68. The summed E-state index contributed by atoms with van der Waals surface area (Å²) in [6.07, 6.45) is 1.20. The lowest BCUT2D eigenvalue weighted by Crippen LogP contribution is -2.43. The standard InChI is InChI=1S/C21H28N4O3S.HI/c1-4-22-21(25-15-20(26)23-13-17-8-6-5-7-9-17)24-14-18-10-11-19(16(2)12-18)29(3,27)28;/h5-12H,4,13-15H2,1-3H3,(H,23,26)(H2,22,24,25);1H. The number of guanidine groups is 1. The van der Waals surface area contributed by atoms with Crippen molar-refractivity contribution in [1.29, 1.82) is 0 Å². The van der Waals surface area contributed by atoms with Crippen LogP contribution < -0.4 is 16.0 Å². The van der Waals surface area contributed by atoms with Crippen LogP contribution in [0, 0.1) is 6.92 Å². The molecule has 0 atom stereocenters. The predicted molar refractivity (Wildman–Crippen MR) is 131 cm³/mol. The molecule has 0 aliphatic heterocycles. The molecule has 3 N–H and O–H groups in total. The Hall–Kier alpha value is -2.14. The molecule has 0 aliphatic rings. The molecule has 30 heavy (non-hydrogen) atoms. The molecular weight excluding hydrogens is 515 g/mol. The highest BCUT2D eigenvalue weighted by Crippen LogP contribution is 2.17. The van der Waals surface area contributed by atoms with Crippen molar-refractivity contribution in [2.24, 2.45) is 4.99 Å². The van der Waals surface area contributed by atoms with Crippen LogP contribution in [0.3, 0.4) is 0 Å². The number of rotatable bonds is 8. The van der Waals surface area contributed by atoms with E-state index in [4.69, 9.17) is 0 Å². The van der Waals surface area contributed by atoms with E-state index in [1.165, 1.54) is 6.26 Å². The monoisotopic (exact) mass is 544 g/mol. The van der Waals surface area contributed by atoms with Crippen molar-refractivity contribution in [3.8, 4) is 0 Å². The van der Waals surface area contributed by atoms with Crippen LogP contribution in [-0.2, 0) is 27.7 Å². The van der Waals surface area contributed by atoms with Gasteiger partial charge in [-0.05, 0) is 36.6 Å². The van der Waals surface area contributed by atoms with Crippen molar-refractivity contribution in [3.63, 3.8) is 0 Å². The smallest absolute Gasteiger partial charge is 0.239 e. The quantitative estimate of drug-likeness (QED) is 0.269. The summed E-state index contributed by atoms with van der Waals surface area (Å²) < 4.78 is 23.4. The summed E-state index contributed by atoms with van der Waals surface area (Å²) in [5.41, 5.74) is 2.62. The molecule has 0 spiro atoms. The molecule has 9 heteroatoms. The maximum Gasteiger partial charge on any atom is 0.239 e. The summed E-state index contributed by atoms with van der Waals surface area (Å²) in [5, 5.41) is 8.96. The van der Waals surface area contributed by atoms with E-state index in [2.05, 4.69) is 20.9 Å². The van der Waals surface area contributed by atoms with Crippen molar-refractivity contribution in [1.82, 2.24) is 16.0 Å². The van der Waals surface area contributed by atoms with Gasteiger partial charge in [-0.25, -0.2) is 13.4 Å². The lowest BCUT2D eigenvalue weighted by atomic mass is 10.1. The number of carbonyl (C=O) groups is 1. The Morgan fingerprint density at radius 2 is 1.70 bits per heavy atom. The van der Waals surface area contributed by atoms with Gasteiger partial charge in [-0.1, -0.05) is 42.5 Å². The van der Waals surface area contributed by atoms with Crippen LogP contribution in [0.25, 0.3) is 0 Å². The molecule has 0 heterocycles. The summed E-state index contributed by atoms with van der Waals surface area (Å²) in [5.74, 6) is 0.389. The predicted octanol–water partition coefficient (Wildman–Crippen LogP) is 2.39. The number of hydrogen-bond acceptors (Lipinski definition) is 4. The highest BCUT2D eigenvalue weighted by atomic mass is 127. The molecule has 0 radical (unpaired) electrons. The normalized spacial score (nSPS) is 11.4. The maximum atomic E-state index is 12.1. The van der Waals surface area contributed by atoms with Crippen molar-refractivity contribution in [2.45, 2.75) is 31.8 Å². The van der Waals surface area contributed by atoms with Crippen LogP contribution in [0.5, 0.6) is 0 Å². The molecule has 0 saturated carbocycles. The van der Waals surface area contributed by atoms with Gasteiger partial charge in [-0.15, -0.1) is 24.0 Å². The van der Waals surface area contributed by atoms with Gasteiger partial charge in [0.05, 0.1) is 18.0 Å². The molecule has 164 valence electrons. The van der Waals surface area contributed by atoms with Crippen molar-refractivity contribution < 1.29 is 13.2 Å². The molecule has 2 rings (SSSR count). The zero-order valence-electron chi connectivity index (χ0n) is 17.4. The molecular formula is C21H29IN4O3S.